The van der Waals surface area contributed by atoms with Gasteiger partial charge in [-0.2, -0.15) is 5.10 Å². The lowest BCUT2D eigenvalue weighted by atomic mass is 10.1. The maximum Gasteiger partial charge on any atom is 0.293 e. The number of anilines is 3. The molecule has 5 N–H and O–H groups in total. The molecule has 0 saturated carbocycles. The minimum absolute atomic E-state index is 0.00373. The maximum atomic E-state index is 12.7. The summed E-state index contributed by atoms with van der Waals surface area (Å²) >= 11 is 0. The normalized spacial score (nSPS) is 10.7. The number of nitrogen functional groups attached to an aromatic ring is 1. The molecule has 0 aliphatic carbocycles. The van der Waals surface area contributed by atoms with Gasteiger partial charge < -0.3 is 16.4 Å². The van der Waals surface area contributed by atoms with Crippen LogP contribution in [0.2, 0.25) is 0 Å². The molecule has 0 saturated heterocycles. The number of carbonyl (C=O) groups is 1. The van der Waals surface area contributed by atoms with Crippen LogP contribution in [0.1, 0.15) is 23.7 Å². The van der Waals surface area contributed by atoms with Crippen LogP contribution >= 0.6 is 0 Å². The van der Waals surface area contributed by atoms with Crippen molar-refractivity contribution in [3.8, 4) is 0 Å². The van der Waals surface area contributed by atoms with E-state index in [9.17, 15) is 14.9 Å². The molecule has 9 heteroatoms. The fourth-order valence-electron chi connectivity index (χ4n) is 2.57. The standard InChI is InChI=1S/C17H18N6O3/c1-2-5-19-15-8-13(18)16(23(25)26)7-12(15)17(24)21-11-4-3-10-9-20-22-14(10)6-11/h3-4,6-9,19H,2,5,18H2,1H3,(H,20,22)(H,21,24). The Morgan fingerprint density at radius 3 is 2.88 bits per heavy atom. The Balaban J connectivity index is 1.95. The van der Waals surface area contributed by atoms with Gasteiger partial charge in [0.15, 0.2) is 0 Å². The number of carbonyl (C=O) groups excluding carboxylic acids is 1. The van der Waals surface area contributed by atoms with Crippen molar-refractivity contribution in [2.45, 2.75) is 13.3 Å². The number of aromatic amines is 1. The fraction of sp³-hybridized carbons (Fsp3) is 0.176. The quantitative estimate of drug-likeness (QED) is 0.305. The van der Waals surface area contributed by atoms with E-state index in [2.05, 4.69) is 20.8 Å². The third-order valence-corrected chi connectivity index (χ3v) is 3.87. The molecule has 0 aliphatic rings. The summed E-state index contributed by atoms with van der Waals surface area (Å²) in [5.41, 5.74) is 7.37. The zero-order valence-electron chi connectivity index (χ0n) is 14.1. The van der Waals surface area contributed by atoms with Crippen LogP contribution in [-0.2, 0) is 0 Å². The second-order valence-corrected chi connectivity index (χ2v) is 5.77. The molecule has 9 nitrogen and oxygen atoms in total. The first kappa shape index (κ1) is 17.2. The van der Waals surface area contributed by atoms with Gasteiger partial charge in [-0.3, -0.25) is 20.0 Å². The molecule has 3 rings (SSSR count). The number of nitro groups is 1. The Labute approximate surface area is 148 Å². The van der Waals surface area contributed by atoms with Gasteiger partial charge >= 0.3 is 0 Å². The molecule has 3 aromatic rings. The lowest BCUT2D eigenvalue weighted by Crippen LogP contribution is -2.16. The zero-order chi connectivity index (χ0) is 18.7. The van der Waals surface area contributed by atoms with Gasteiger partial charge in [-0.15, -0.1) is 0 Å². The van der Waals surface area contributed by atoms with Crippen molar-refractivity contribution < 1.29 is 9.72 Å². The van der Waals surface area contributed by atoms with E-state index in [4.69, 9.17) is 5.73 Å². The molecule has 1 amide bonds. The van der Waals surface area contributed by atoms with Crippen molar-refractivity contribution in [1.82, 2.24) is 10.2 Å². The van der Waals surface area contributed by atoms with Crippen molar-refractivity contribution >= 4 is 39.6 Å². The average Bonchev–Trinajstić information content (AvgIpc) is 3.07. The smallest absolute Gasteiger partial charge is 0.293 e. The van der Waals surface area contributed by atoms with Crippen LogP contribution in [0.5, 0.6) is 0 Å². The van der Waals surface area contributed by atoms with E-state index in [1.54, 1.807) is 18.3 Å². The molecular weight excluding hydrogens is 336 g/mol. The van der Waals surface area contributed by atoms with Gasteiger partial charge in [0.05, 0.1) is 22.2 Å². The lowest BCUT2D eigenvalue weighted by molar-refractivity contribution is -0.383. The van der Waals surface area contributed by atoms with Gasteiger partial charge in [-0.1, -0.05) is 6.92 Å². The van der Waals surface area contributed by atoms with Crippen molar-refractivity contribution in [2.75, 3.05) is 22.9 Å². The Hall–Kier alpha value is -3.62. The number of nitrogens with zero attached hydrogens (tertiary/aromatic N) is 2. The predicted molar refractivity (Wildman–Crippen MR) is 100 cm³/mol. The second kappa shape index (κ2) is 7.09. The molecule has 1 aromatic heterocycles. The van der Waals surface area contributed by atoms with Gasteiger partial charge in [0, 0.05) is 29.4 Å². The number of nitrogens with two attached hydrogens (primary N) is 1. The van der Waals surface area contributed by atoms with Crippen molar-refractivity contribution in [1.29, 1.82) is 0 Å². The first-order valence-electron chi connectivity index (χ1n) is 8.06. The van der Waals surface area contributed by atoms with Crippen molar-refractivity contribution in [2.24, 2.45) is 0 Å². The lowest BCUT2D eigenvalue weighted by Gasteiger charge is -2.13. The number of H-pyrrole nitrogens is 1. The van der Waals surface area contributed by atoms with Crippen LogP contribution in [0.25, 0.3) is 10.9 Å². The van der Waals surface area contributed by atoms with E-state index in [0.29, 0.717) is 17.9 Å². The molecule has 0 radical (unpaired) electrons. The number of rotatable bonds is 6. The summed E-state index contributed by atoms with van der Waals surface area (Å²) in [4.78, 5) is 23.3. The highest BCUT2D eigenvalue weighted by molar-refractivity contribution is 6.09. The third kappa shape index (κ3) is 3.41. The number of fused-ring (bicyclic) bond motifs is 1. The monoisotopic (exact) mass is 354 g/mol. The van der Waals surface area contributed by atoms with Gasteiger partial charge in [-0.05, 0) is 30.7 Å². The summed E-state index contributed by atoms with van der Waals surface area (Å²) in [6.07, 6.45) is 2.51. The summed E-state index contributed by atoms with van der Waals surface area (Å²) in [5.74, 6) is -0.467. The predicted octanol–water partition coefficient (Wildman–Crippen LogP) is 3.13. The van der Waals surface area contributed by atoms with Crippen LogP contribution in [-0.4, -0.2) is 27.6 Å². The SMILES string of the molecule is CCCNc1cc(N)c([N+](=O)[O-])cc1C(=O)Nc1ccc2cn[nH]c2c1. The second-order valence-electron chi connectivity index (χ2n) is 5.77. The van der Waals surface area contributed by atoms with Gasteiger partial charge in [-0.25, -0.2) is 0 Å². The van der Waals surface area contributed by atoms with Crippen LogP contribution in [0, 0.1) is 10.1 Å². The molecule has 0 aliphatic heterocycles. The highest BCUT2D eigenvalue weighted by Crippen LogP contribution is 2.30. The molecule has 0 unspecified atom stereocenters. The number of aromatic nitrogens is 2. The zero-order valence-corrected chi connectivity index (χ0v) is 14.1. The van der Waals surface area contributed by atoms with Crippen LogP contribution in [0.4, 0.5) is 22.7 Å². The molecule has 0 spiro atoms. The summed E-state index contributed by atoms with van der Waals surface area (Å²) in [6, 6.07) is 7.90. The molecule has 134 valence electrons. The topological polar surface area (TPSA) is 139 Å². The number of benzene rings is 2. The molecule has 2 aromatic carbocycles. The van der Waals surface area contributed by atoms with E-state index in [0.717, 1.165) is 17.3 Å². The number of hydrogen-bond acceptors (Lipinski definition) is 6. The third-order valence-electron chi connectivity index (χ3n) is 3.87. The Morgan fingerprint density at radius 2 is 2.15 bits per heavy atom. The van der Waals surface area contributed by atoms with Gasteiger partial charge in [0.1, 0.15) is 5.69 Å². The molecule has 0 atom stereocenters. The summed E-state index contributed by atoms with van der Waals surface area (Å²) in [7, 11) is 0. The first-order chi connectivity index (χ1) is 12.5. The summed E-state index contributed by atoms with van der Waals surface area (Å²) < 4.78 is 0. The van der Waals surface area contributed by atoms with E-state index >= 15 is 0 Å². The molecule has 26 heavy (non-hydrogen) atoms. The van der Waals surface area contributed by atoms with Crippen molar-refractivity contribution in [3.05, 3.63) is 52.2 Å². The number of amides is 1. The molecule has 0 fully saturated rings. The Bertz CT molecular complexity index is 982. The number of nitro benzene ring substituents is 1. The summed E-state index contributed by atoms with van der Waals surface area (Å²) in [5, 5.41) is 24.7. The molecular formula is C17H18N6O3. The van der Waals surface area contributed by atoms with Crippen molar-refractivity contribution in [3.63, 3.8) is 0 Å². The van der Waals surface area contributed by atoms with E-state index in [-0.39, 0.29) is 16.9 Å². The Kier molecular flexibility index (Phi) is 4.70. The fourth-order valence-corrected chi connectivity index (χ4v) is 2.57. The first-order valence-corrected chi connectivity index (χ1v) is 8.06. The van der Waals surface area contributed by atoms with Crippen LogP contribution < -0.4 is 16.4 Å². The van der Waals surface area contributed by atoms with Gasteiger partial charge in [0.25, 0.3) is 11.6 Å². The highest BCUT2D eigenvalue weighted by Gasteiger charge is 2.20. The van der Waals surface area contributed by atoms with Gasteiger partial charge in [0.2, 0.25) is 0 Å². The minimum atomic E-state index is -0.605. The highest BCUT2D eigenvalue weighted by atomic mass is 16.6. The number of nitrogens with one attached hydrogen (secondary N) is 3. The van der Waals surface area contributed by atoms with Crippen LogP contribution in [0.3, 0.4) is 0 Å². The average molecular weight is 354 g/mol. The van der Waals surface area contributed by atoms with E-state index in [1.807, 2.05) is 13.0 Å². The maximum absolute atomic E-state index is 12.7. The molecule has 0 bridgehead atoms. The van der Waals surface area contributed by atoms with E-state index < -0.39 is 10.8 Å². The largest absolute Gasteiger partial charge is 0.393 e. The Morgan fingerprint density at radius 1 is 1.35 bits per heavy atom. The number of hydrogen-bond donors (Lipinski definition) is 4. The summed E-state index contributed by atoms with van der Waals surface area (Å²) in [6.45, 7) is 2.58. The molecule has 1 heterocycles. The minimum Gasteiger partial charge on any atom is -0.393 e. The van der Waals surface area contributed by atoms with E-state index in [1.165, 1.54) is 12.1 Å². The van der Waals surface area contributed by atoms with Crippen LogP contribution in [0.15, 0.2) is 36.5 Å².